The Morgan fingerprint density at radius 2 is 1.02 bits per heavy atom. The predicted molar refractivity (Wildman–Crippen MR) is 162 cm³/mol. The molecule has 0 saturated carbocycles. The van der Waals surface area contributed by atoms with Gasteiger partial charge in [0, 0.05) is 12.8 Å². The fraction of sp³-hybridized carbons (Fsp3) is 0.294. The van der Waals surface area contributed by atoms with Gasteiger partial charge in [-0.1, -0.05) is 69.8 Å². The molecule has 5 heterocycles. The fourth-order valence-corrected chi connectivity index (χ4v) is 5.83. The van der Waals surface area contributed by atoms with Crippen molar-refractivity contribution in [3.05, 3.63) is 88.0 Å². The summed E-state index contributed by atoms with van der Waals surface area (Å²) in [7, 11) is 0. The minimum absolute atomic E-state index is 0. The van der Waals surface area contributed by atoms with Crippen molar-refractivity contribution in [2.45, 2.75) is 67.2 Å². The Kier molecular flexibility index (Phi) is 9.28. The second kappa shape index (κ2) is 12.6. The molecule has 8 nitrogen and oxygen atoms in total. The van der Waals surface area contributed by atoms with E-state index in [0.29, 0.717) is 23.9 Å². The second-order valence-electron chi connectivity index (χ2n) is 10.8. The third-order valence-electron chi connectivity index (χ3n) is 8.23. The van der Waals surface area contributed by atoms with E-state index in [1.807, 2.05) is 65.0 Å². The maximum atomic E-state index is 11.5. The molecule has 0 amide bonds. The van der Waals surface area contributed by atoms with Crippen molar-refractivity contribution in [3.63, 3.8) is 0 Å². The minimum atomic E-state index is -0.886. The van der Waals surface area contributed by atoms with Gasteiger partial charge in [0.1, 0.15) is 0 Å². The summed E-state index contributed by atoms with van der Waals surface area (Å²) in [6, 6.07) is 0. The molecule has 4 aromatic heterocycles. The molecule has 1 aliphatic heterocycles. The topological polar surface area (TPSA) is 131 Å². The van der Waals surface area contributed by atoms with E-state index in [9.17, 15) is 19.8 Å². The van der Waals surface area contributed by atoms with Gasteiger partial charge in [0.15, 0.2) is 0 Å². The van der Waals surface area contributed by atoms with Gasteiger partial charge in [-0.25, -0.2) is 0 Å². The average molecular weight is 619 g/mol. The fourth-order valence-electron chi connectivity index (χ4n) is 5.83. The van der Waals surface area contributed by atoms with Crippen molar-refractivity contribution < 1.29 is 36.9 Å². The maximum absolute atomic E-state index is 11.5. The van der Waals surface area contributed by atoms with Crippen molar-refractivity contribution in [2.24, 2.45) is 0 Å². The monoisotopic (exact) mass is 618 g/mol. The van der Waals surface area contributed by atoms with Gasteiger partial charge in [0.2, 0.25) is 0 Å². The second-order valence-corrected chi connectivity index (χ2v) is 10.8. The van der Waals surface area contributed by atoms with E-state index >= 15 is 0 Å². The smallest absolute Gasteiger partial charge is 0.657 e. The van der Waals surface area contributed by atoms with Crippen LogP contribution in [-0.4, -0.2) is 22.2 Å². The van der Waals surface area contributed by atoms with Crippen LogP contribution < -0.4 is 51.8 Å². The van der Waals surface area contributed by atoms with Crippen molar-refractivity contribution >= 4 is 48.4 Å². The molecule has 0 radical (unpaired) electrons. The Morgan fingerprint density at radius 3 is 1.51 bits per heavy atom. The van der Waals surface area contributed by atoms with E-state index in [4.69, 9.17) is 19.9 Å². The van der Waals surface area contributed by atoms with Crippen molar-refractivity contribution in [1.29, 1.82) is 0 Å². The number of carboxylic acids is 2. The van der Waals surface area contributed by atoms with Crippen molar-refractivity contribution in [2.75, 3.05) is 0 Å². The number of rotatable bonds is 6. The summed E-state index contributed by atoms with van der Waals surface area (Å²) in [5.74, 6) is -1.77. The first kappa shape index (κ1) is 31.7. The van der Waals surface area contributed by atoms with E-state index in [-0.39, 0.29) is 29.9 Å². The van der Waals surface area contributed by atoms with E-state index in [1.165, 1.54) is 0 Å². The van der Waals surface area contributed by atoms with E-state index in [0.717, 1.165) is 76.9 Å². The third kappa shape index (κ3) is 6.01. The normalized spacial score (nSPS) is 16.2. The molecule has 224 valence electrons. The van der Waals surface area contributed by atoms with Crippen LogP contribution >= 0.6 is 0 Å². The van der Waals surface area contributed by atoms with Crippen LogP contribution in [0.5, 0.6) is 0 Å². The summed E-state index contributed by atoms with van der Waals surface area (Å²) in [6.07, 6.45) is 12.4. The van der Waals surface area contributed by atoms with Gasteiger partial charge < -0.3 is 30.1 Å². The van der Waals surface area contributed by atoms with Crippen LogP contribution in [0.4, 0.5) is 0 Å². The molecule has 0 fully saturated rings. The molecule has 0 atom stereocenters. The summed E-state index contributed by atoms with van der Waals surface area (Å²) in [4.78, 5) is 42.9. The molecule has 43 heavy (non-hydrogen) atoms. The van der Waals surface area contributed by atoms with Gasteiger partial charge in [-0.15, -0.1) is 44.2 Å². The molecule has 0 aliphatic carbocycles. The molecule has 0 unspecified atom stereocenters. The Bertz CT molecular complexity index is 2120. The van der Waals surface area contributed by atoms with Crippen molar-refractivity contribution in [3.8, 4) is 0 Å². The molecule has 1 aliphatic rings. The molecule has 0 aromatic carbocycles. The van der Waals surface area contributed by atoms with Crippen LogP contribution in [0, 0.1) is 27.7 Å². The summed E-state index contributed by atoms with van der Waals surface area (Å²) < 4.78 is 0. The van der Waals surface area contributed by atoms with Gasteiger partial charge in [-0.3, -0.25) is 9.59 Å². The molecule has 8 bridgehead atoms. The Hall–Kier alpha value is -4.20. The van der Waals surface area contributed by atoms with Crippen molar-refractivity contribution in [1.82, 2.24) is 19.9 Å². The Balaban J connectivity index is 0.00000423. The van der Waals surface area contributed by atoms with Crippen LogP contribution in [0.2, 0.25) is 0 Å². The quantitative estimate of drug-likeness (QED) is 0.255. The zero-order chi connectivity index (χ0) is 30.3. The summed E-state index contributed by atoms with van der Waals surface area (Å²) in [5.41, 5.74) is 8.51. The maximum Gasteiger partial charge on any atom is 2.00 e. The Labute approximate surface area is 259 Å². The van der Waals surface area contributed by atoms with Gasteiger partial charge in [0.25, 0.3) is 0 Å². The number of hydrogen-bond donors (Lipinski definition) is 2. The first-order valence-corrected chi connectivity index (χ1v) is 14.1. The van der Waals surface area contributed by atoms with Crippen LogP contribution in [0.1, 0.15) is 82.8 Å². The number of hydrogen-bond acceptors (Lipinski definition) is 2. The average Bonchev–Trinajstić information content (AvgIpc) is 3.59. The molecular weight excluding hydrogens is 584 g/mol. The number of nitrogens with zero attached hydrogens (tertiary/aromatic N) is 4. The summed E-state index contributed by atoms with van der Waals surface area (Å²) in [5, 5.41) is 23.9. The number of aromatic nitrogens is 4. The van der Waals surface area contributed by atoms with Gasteiger partial charge in [-0.05, 0) is 64.8 Å². The molecule has 4 aromatic rings. The van der Waals surface area contributed by atoms with Crippen LogP contribution in [0.25, 0.3) is 36.5 Å². The van der Waals surface area contributed by atoms with Gasteiger partial charge in [-0.2, -0.15) is 0 Å². The number of carboxylic acid groups (broad SMARTS) is 2. The van der Waals surface area contributed by atoms with E-state index in [2.05, 4.69) is 13.0 Å². The van der Waals surface area contributed by atoms with Crippen LogP contribution in [0.3, 0.4) is 0 Å². The number of aliphatic carboxylic acids is 2. The SMILES string of the molecule is C/C=c1/c(C)c2[n-]/c1=C/c1[n-]c(c(CCC(=O)O)c1C)/C=c1\[n-]/c(c(C)c1CCC(=O)O)=C\c1[n-]c(/c(=C/C)c1C)=C\2.[Fe+2]. The number of fused-ring (bicyclic) bond motifs is 8. The molecule has 0 saturated heterocycles. The minimum Gasteiger partial charge on any atom is -0.657 e. The van der Waals surface area contributed by atoms with Crippen LogP contribution in [-0.2, 0) is 39.5 Å². The largest absolute Gasteiger partial charge is 2.00 e. The first-order chi connectivity index (χ1) is 20.0. The molecule has 5 rings (SSSR count). The third-order valence-corrected chi connectivity index (χ3v) is 8.23. The molecule has 9 heteroatoms. The van der Waals surface area contributed by atoms with Gasteiger partial charge >= 0.3 is 29.0 Å². The zero-order valence-corrected chi connectivity index (χ0v) is 26.3. The molecule has 2 N–H and O–H groups in total. The standard InChI is InChI=1S/C34H34N4O4.Fe/c1-7-21-17(3)25-13-26-19(5)23(9-11-33(39)40)31(37-26)16-32-24(10-12-34(41)42)20(6)28(38-32)15-30-22(8-2)18(4)27(36-30)14-29(21)35-25;/h7-8,13-16H,9-12H2,1-6H3,(H,39,40)(H,41,42);/q-4;+2/b21-7+,22-8-,26-13-,29-14-,30-15+,31-16-;. The predicted octanol–water partition coefficient (Wildman–Crippen LogP) is 0.0104. The summed E-state index contributed by atoms with van der Waals surface area (Å²) >= 11 is 0. The molecular formula is C34H34FeN4O4-2. The first-order valence-electron chi connectivity index (χ1n) is 14.1. The summed E-state index contributed by atoms with van der Waals surface area (Å²) in [6.45, 7) is 12.0. The van der Waals surface area contributed by atoms with E-state index in [1.54, 1.807) is 0 Å². The van der Waals surface area contributed by atoms with Crippen LogP contribution in [0.15, 0.2) is 0 Å². The zero-order valence-electron chi connectivity index (χ0n) is 25.1. The Morgan fingerprint density at radius 1 is 0.581 bits per heavy atom. The number of carbonyl (C=O) groups is 2. The van der Waals surface area contributed by atoms with E-state index < -0.39 is 11.9 Å². The molecule has 0 spiro atoms. The van der Waals surface area contributed by atoms with Gasteiger partial charge in [0.05, 0.1) is 0 Å².